The van der Waals surface area contributed by atoms with E-state index < -0.39 is 0 Å². The third-order valence-electron chi connectivity index (χ3n) is 2.47. The molecule has 0 saturated carbocycles. The largest absolute Gasteiger partial charge is 0.452 e. The number of hydrogen-bond donors (Lipinski definition) is 0. The topological polar surface area (TPSA) is 26.3 Å². The molecule has 0 radical (unpaired) electrons. The van der Waals surface area contributed by atoms with Gasteiger partial charge < -0.3 is 4.74 Å². The van der Waals surface area contributed by atoms with Crippen molar-refractivity contribution in [1.29, 1.82) is 0 Å². The van der Waals surface area contributed by atoms with Gasteiger partial charge in [-0.2, -0.15) is 0 Å². The molecule has 92 valence electrons. The van der Waals surface area contributed by atoms with Gasteiger partial charge in [-0.3, -0.25) is 4.79 Å². The van der Waals surface area contributed by atoms with Crippen molar-refractivity contribution in [3.05, 3.63) is 0 Å². The number of rotatable bonds is 9. The summed E-state index contributed by atoms with van der Waals surface area (Å²) in [6.45, 7) is 4.20. The lowest BCUT2D eigenvalue weighted by atomic mass is 10.1. The van der Waals surface area contributed by atoms with Crippen LogP contribution in [0, 0.1) is 11.8 Å². The Labute approximate surface area is 99.8 Å². The van der Waals surface area contributed by atoms with Gasteiger partial charge in [-0.1, -0.05) is 51.4 Å². The molecule has 0 aliphatic carbocycles. The molecule has 0 aliphatic rings. The number of hydrogen-bond acceptors (Lipinski definition) is 2. The molecule has 0 rings (SSSR count). The minimum absolute atomic E-state index is 0.115. The first-order chi connectivity index (χ1) is 7.81. The maximum absolute atomic E-state index is 11.2. The van der Waals surface area contributed by atoms with Crippen LogP contribution in [0.5, 0.6) is 0 Å². The lowest BCUT2D eigenvalue weighted by Gasteiger charge is -2.01. The van der Waals surface area contributed by atoms with Crippen LogP contribution in [-0.4, -0.2) is 12.6 Å². The summed E-state index contributed by atoms with van der Waals surface area (Å²) in [6, 6.07) is 0. The van der Waals surface area contributed by atoms with E-state index in [-0.39, 0.29) is 12.6 Å². The molecule has 0 spiro atoms. The Morgan fingerprint density at radius 1 is 1.06 bits per heavy atom. The average Bonchev–Trinajstić information content (AvgIpc) is 2.28. The highest BCUT2D eigenvalue weighted by molar-refractivity contribution is 5.69. The zero-order valence-corrected chi connectivity index (χ0v) is 10.7. The summed E-state index contributed by atoms with van der Waals surface area (Å²) >= 11 is 0. The van der Waals surface area contributed by atoms with Gasteiger partial charge in [-0.05, 0) is 13.3 Å². The summed E-state index contributed by atoms with van der Waals surface area (Å²) < 4.78 is 4.91. The van der Waals surface area contributed by atoms with E-state index in [1.54, 1.807) is 6.92 Å². The van der Waals surface area contributed by atoms with Crippen molar-refractivity contribution in [1.82, 2.24) is 0 Å². The Balaban J connectivity index is 3.17. The van der Waals surface area contributed by atoms with Crippen molar-refractivity contribution in [2.24, 2.45) is 0 Å². The van der Waals surface area contributed by atoms with Crippen LogP contribution in [0.15, 0.2) is 0 Å². The normalized spacial score (nSPS) is 9.38. The predicted octanol–water partition coefficient (Wildman–Crippen LogP) is 3.69. The highest BCUT2D eigenvalue weighted by Crippen LogP contribution is 2.08. The highest BCUT2D eigenvalue weighted by Gasteiger charge is 2.00. The molecule has 0 heterocycles. The molecule has 0 aromatic rings. The number of unbranched alkanes of at least 4 members (excludes halogenated alkanes) is 6. The molecule has 16 heavy (non-hydrogen) atoms. The molecule has 0 amide bonds. The van der Waals surface area contributed by atoms with Crippen LogP contribution < -0.4 is 0 Å². The molecule has 0 aromatic carbocycles. The van der Waals surface area contributed by atoms with Gasteiger partial charge in [0.2, 0.25) is 0 Å². The summed E-state index contributed by atoms with van der Waals surface area (Å²) in [5.41, 5.74) is 0. The monoisotopic (exact) mass is 224 g/mol. The zero-order valence-electron chi connectivity index (χ0n) is 10.7. The van der Waals surface area contributed by atoms with Gasteiger partial charge in [0.05, 0.1) is 0 Å². The van der Waals surface area contributed by atoms with Crippen molar-refractivity contribution in [2.45, 2.75) is 65.2 Å². The standard InChI is InChI=1S/C14H24O2/c1-3-5-7-8-9-10-11-12-14(15)16-13-6-4-2/h3,5,7-13H2,1-2H3. The molecule has 0 N–H and O–H groups in total. The SMILES string of the molecule is CC#CCOC(=O)CCCCCCCCC. The van der Waals surface area contributed by atoms with Gasteiger partial charge >= 0.3 is 5.97 Å². The Morgan fingerprint density at radius 2 is 1.69 bits per heavy atom. The molecule has 0 unspecified atom stereocenters. The summed E-state index contributed by atoms with van der Waals surface area (Å²) in [7, 11) is 0. The average molecular weight is 224 g/mol. The van der Waals surface area contributed by atoms with Gasteiger partial charge in [0.15, 0.2) is 6.61 Å². The lowest BCUT2D eigenvalue weighted by molar-refractivity contribution is -0.142. The highest BCUT2D eigenvalue weighted by atomic mass is 16.5. The van der Waals surface area contributed by atoms with E-state index in [2.05, 4.69) is 18.8 Å². The second-order valence-corrected chi connectivity index (χ2v) is 3.96. The summed E-state index contributed by atoms with van der Waals surface area (Å²) in [4.78, 5) is 11.2. The number of ether oxygens (including phenoxy) is 1. The Hall–Kier alpha value is -0.970. The Kier molecular flexibility index (Phi) is 11.4. The molecule has 0 bridgehead atoms. The second kappa shape index (κ2) is 12.1. The zero-order chi connectivity index (χ0) is 12.1. The fourth-order valence-electron chi connectivity index (χ4n) is 1.49. The van der Waals surface area contributed by atoms with Crippen LogP contribution in [0.2, 0.25) is 0 Å². The predicted molar refractivity (Wildman–Crippen MR) is 67.0 cm³/mol. The van der Waals surface area contributed by atoms with Crippen LogP contribution in [0.3, 0.4) is 0 Å². The maximum Gasteiger partial charge on any atom is 0.306 e. The second-order valence-electron chi connectivity index (χ2n) is 3.96. The van der Waals surface area contributed by atoms with Crippen molar-refractivity contribution < 1.29 is 9.53 Å². The molecular weight excluding hydrogens is 200 g/mol. The van der Waals surface area contributed by atoms with Crippen molar-refractivity contribution in [3.63, 3.8) is 0 Å². The van der Waals surface area contributed by atoms with Crippen LogP contribution >= 0.6 is 0 Å². The van der Waals surface area contributed by atoms with E-state index in [0.29, 0.717) is 6.42 Å². The maximum atomic E-state index is 11.2. The third kappa shape index (κ3) is 11.1. The fraction of sp³-hybridized carbons (Fsp3) is 0.786. The Bertz CT molecular complexity index is 223. The summed E-state index contributed by atoms with van der Waals surface area (Å²) in [6.07, 6.45) is 9.10. The van der Waals surface area contributed by atoms with E-state index in [4.69, 9.17) is 4.74 Å². The van der Waals surface area contributed by atoms with Crippen molar-refractivity contribution in [3.8, 4) is 11.8 Å². The molecule has 0 aliphatic heterocycles. The molecule has 0 atom stereocenters. The molecule has 0 aromatic heterocycles. The molecule has 0 saturated heterocycles. The molecule has 2 heteroatoms. The first kappa shape index (κ1) is 15.0. The first-order valence-corrected chi connectivity index (χ1v) is 6.36. The Morgan fingerprint density at radius 3 is 2.31 bits per heavy atom. The summed E-state index contributed by atoms with van der Waals surface area (Å²) in [5.74, 6) is 5.29. The smallest absolute Gasteiger partial charge is 0.306 e. The van der Waals surface area contributed by atoms with Gasteiger partial charge in [-0.15, -0.1) is 5.92 Å². The van der Waals surface area contributed by atoms with Gasteiger partial charge in [0.25, 0.3) is 0 Å². The van der Waals surface area contributed by atoms with Crippen molar-refractivity contribution in [2.75, 3.05) is 6.61 Å². The van der Waals surface area contributed by atoms with E-state index in [9.17, 15) is 4.79 Å². The minimum atomic E-state index is -0.115. The van der Waals surface area contributed by atoms with Crippen molar-refractivity contribution >= 4 is 5.97 Å². The van der Waals surface area contributed by atoms with Crippen LogP contribution in [0.1, 0.15) is 65.2 Å². The van der Waals surface area contributed by atoms with E-state index in [0.717, 1.165) is 12.8 Å². The van der Waals surface area contributed by atoms with Gasteiger partial charge in [0, 0.05) is 6.42 Å². The lowest BCUT2D eigenvalue weighted by Crippen LogP contribution is -2.04. The van der Waals surface area contributed by atoms with Crippen LogP contribution in [-0.2, 0) is 9.53 Å². The quantitative estimate of drug-likeness (QED) is 0.339. The third-order valence-corrected chi connectivity index (χ3v) is 2.47. The van der Waals surface area contributed by atoms with E-state index in [1.165, 1.54) is 32.1 Å². The van der Waals surface area contributed by atoms with E-state index >= 15 is 0 Å². The number of carbonyl (C=O) groups is 1. The van der Waals surface area contributed by atoms with Crippen LogP contribution in [0.4, 0.5) is 0 Å². The fourth-order valence-corrected chi connectivity index (χ4v) is 1.49. The summed E-state index contributed by atoms with van der Waals surface area (Å²) in [5, 5.41) is 0. The number of esters is 1. The van der Waals surface area contributed by atoms with E-state index in [1.807, 2.05) is 0 Å². The minimum Gasteiger partial charge on any atom is -0.452 e. The van der Waals surface area contributed by atoms with Gasteiger partial charge in [0.1, 0.15) is 0 Å². The molecule has 0 fully saturated rings. The van der Waals surface area contributed by atoms with Crippen LogP contribution in [0.25, 0.3) is 0 Å². The first-order valence-electron chi connectivity index (χ1n) is 6.36. The van der Waals surface area contributed by atoms with Gasteiger partial charge in [-0.25, -0.2) is 0 Å². The molecule has 2 nitrogen and oxygen atoms in total. The number of carbonyl (C=O) groups excluding carboxylic acids is 1. The molecular formula is C14H24O2.